The second-order valence-electron chi connectivity index (χ2n) is 11.5. The van der Waals surface area contributed by atoms with Crippen LogP contribution in [0.3, 0.4) is 0 Å². The zero-order valence-electron chi connectivity index (χ0n) is 22.2. The monoisotopic (exact) mass is 444 g/mol. The Bertz CT molecular complexity index is 885. The van der Waals surface area contributed by atoms with Crippen LogP contribution in [0.4, 0.5) is 0 Å². The van der Waals surface area contributed by atoms with Gasteiger partial charge in [0, 0.05) is 0 Å². The van der Waals surface area contributed by atoms with Crippen LogP contribution in [0, 0.1) is 11.8 Å². The van der Waals surface area contributed by atoms with Gasteiger partial charge in [-0.05, 0) is 97.8 Å². The van der Waals surface area contributed by atoms with Crippen LogP contribution in [0.5, 0.6) is 0 Å². The van der Waals surface area contributed by atoms with Crippen molar-refractivity contribution in [1.82, 2.24) is 0 Å². The van der Waals surface area contributed by atoms with E-state index in [2.05, 4.69) is 78.1 Å². The average Bonchev–Trinajstić information content (AvgIpc) is 3.25. The van der Waals surface area contributed by atoms with Gasteiger partial charge in [0.05, 0.1) is 0 Å². The summed E-state index contributed by atoms with van der Waals surface area (Å²) in [5, 5.41) is 0. The van der Waals surface area contributed by atoms with Gasteiger partial charge in [-0.15, -0.1) is 6.58 Å². The number of hydrogen-bond acceptors (Lipinski definition) is 0. The molecule has 2 atom stereocenters. The lowest BCUT2D eigenvalue weighted by atomic mass is 9.71. The van der Waals surface area contributed by atoms with E-state index in [1.165, 1.54) is 60.8 Å². The highest BCUT2D eigenvalue weighted by Gasteiger charge is 2.28. The van der Waals surface area contributed by atoms with Crippen LogP contribution in [0.2, 0.25) is 0 Å². The van der Waals surface area contributed by atoms with Gasteiger partial charge in [-0.2, -0.15) is 0 Å². The van der Waals surface area contributed by atoms with Crippen molar-refractivity contribution in [3.8, 4) is 0 Å². The van der Waals surface area contributed by atoms with E-state index in [0.717, 1.165) is 37.5 Å². The van der Waals surface area contributed by atoms with Gasteiger partial charge in [-0.25, -0.2) is 0 Å². The molecule has 180 valence electrons. The maximum Gasteiger partial charge on any atom is -0.00577 e. The maximum absolute atomic E-state index is 4.29. The van der Waals surface area contributed by atoms with Gasteiger partial charge >= 0.3 is 0 Å². The highest BCUT2D eigenvalue weighted by molar-refractivity contribution is 5.46. The second-order valence-corrected chi connectivity index (χ2v) is 11.5. The lowest BCUT2D eigenvalue weighted by Crippen LogP contribution is -2.20. The molecule has 0 amide bonds. The Labute approximate surface area is 205 Å². The summed E-state index contributed by atoms with van der Waals surface area (Å²) in [7, 11) is 0. The van der Waals surface area contributed by atoms with E-state index in [9.17, 15) is 0 Å². The molecule has 0 heteroatoms. The predicted octanol–water partition coefficient (Wildman–Crippen LogP) is 10.2. The first-order chi connectivity index (χ1) is 15.8. The van der Waals surface area contributed by atoms with E-state index >= 15 is 0 Å². The predicted molar refractivity (Wildman–Crippen MR) is 147 cm³/mol. The molecular formula is C33H48. The van der Waals surface area contributed by atoms with Gasteiger partial charge in [0.1, 0.15) is 0 Å². The zero-order valence-corrected chi connectivity index (χ0v) is 22.2. The van der Waals surface area contributed by atoms with Crippen LogP contribution < -0.4 is 0 Å². The van der Waals surface area contributed by atoms with Gasteiger partial charge in [0.25, 0.3) is 0 Å². The molecule has 0 aromatic heterocycles. The first-order valence-corrected chi connectivity index (χ1v) is 13.6. The molecule has 2 aliphatic carbocycles. The fraction of sp³-hybridized carbons (Fsp3) is 0.576. The molecule has 1 aromatic rings. The number of benzene rings is 1. The van der Waals surface area contributed by atoms with Gasteiger partial charge in [0.2, 0.25) is 0 Å². The first-order valence-electron chi connectivity index (χ1n) is 13.6. The summed E-state index contributed by atoms with van der Waals surface area (Å²) in [6.07, 6.45) is 17.4. The van der Waals surface area contributed by atoms with Crippen LogP contribution >= 0.6 is 0 Å². The largest absolute Gasteiger partial charge is 0.100 e. The quantitative estimate of drug-likeness (QED) is 0.298. The van der Waals surface area contributed by atoms with Crippen molar-refractivity contribution in [2.75, 3.05) is 0 Å². The normalized spacial score (nSPS) is 18.7. The Morgan fingerprint density at radius 1 is 1.03 bits per heavy atom. The Morgan fingerprint density at radius 3 is 2.39 bits per heavy atom. The lowest BCUT2D eigenvalue weighted by molar-refractivity contribution is 0.276. The Balaban J connectivity index is 1.93. The van der Waals surface area contributed by atoms with E-state index in [1.807, 2.05) is 0 Å². The van der Waals surface area contributed by atoms with Crippen molar-refractivity contribution in [3.63, 3.8) is 0 Å². The molecule has 0 nitrogen and oxygen atoms in total. The second kappa shape index (κ2) is 12.0. The van der Waals surface area contributed by atoms with E-state index in [-0.39, 0.29) is 0 Å². The van der Waals surface area contributed by atoms with Crippen molar-refractivity contribution in [2.45, 2.75) is 111 Å². The summed E-state index contributed by atoms with van der Waals surface area (Å²) < 4.78 is 0. The molecule has 0 N–H and O–H groups in total. The summed E-state index contributed by atoms with van der Waals surface area (Å²) >= 11 is 0. The third-order valence-corrected chi connectivity index (χ3v) is 7.97. The summed E-state index contributed by atoms with van der Waals surface area (Å²) in [6.45, 7) is 20.0. The number of allylic oxidation sites excluding steroid dienone is 6. The van der Waals surface area contributed by atoms with Crippen LogP contribution in [0.25, 0.3) is 0 Å². The Morgan fingerprint density at radius 2 is 1.76 bits per heavy atom. The maximum atomic E-state index is 4.29. The molecule has 0 bridgehead atoms. The third kappa shape index (κ3) is 7.08. The van der Waals surface area contributed by atoms with Gasteiger partial charge in [-0.1, -0.05) is 101 Å². The van der Waals surface area contributed by atoms with E-state index in [4.69, 9.17) is 0 Å². The Hall–Kier alpha value is -1.82. The molecule has 3 rings (SSSR count). The van der Waals surface area contributed by atoms with E-state index in [1.54, 1.807) is 16.7 Å². The Kier molecular flexibility index (Phi) is 9.42. The highest BCUT2D eigenvalue weighted by atomic mass is 14.3. The minimum Gasteiger partial charge on any atom is -0.100 e. The van der Waals surface area contributed by atoms with Crippen molar-refractivity contribution in [1.29, 1.82) is 0 Å². The lowest BCUT2D eigenvalue weighted by Gasteiger charge is -2.34. The number of rotatable bonds is 11. The highest BCUT2D eigenvalue weighted by Crippen LogP contribution is 2.42. The van der Waals surface area contributed by atoms with Crippen molar-refractivity contribution in [3.05, 3.63) is 82.5 Å². The molecule has 1 aromatic carbocycles. The van der Waals surface area contributed by atoms with E-state index in [0.29, 0.717) is 11.8 Å². The van der Waals surface area contributed by atoms with Crippen molar-refractivity contribution >= 4 is 0 Å². The fourth-order valence-corrected chi connectivity index (χ4v) is 6.12. The minimum atomic E-state index is 0.527. The van der Waals surface area contributed by atoms with Crippen molar-refractivity contribution < 1.29 is 0 Å². The molecule has 0 saturated heterocycles. The van der Waals surface area contributed by atoms with E-state index < -0.39 is 0 Å². The molecule has 0 spiro atoms. The van der Waals surface area contributed by atoms with Crippen LogP contribution in [0.15, 0.2) is 65.8 Å². The van der Waals surface area contributed by atoms with Gasteiger partial charge < -0.3 is 0 Å². The standard InChI is InChI=1S/C33H48/c1-8-25(6)29-15-14-27(20-29)21-31-22-30(26(7)18-23(2)3)16-17-32(31)33(19-24(4)5)28-12-10-9-11-13-28/h14-17,22,24,26,28,33H,2,6,8-13,18-21H2,1,3-5,7H3/t26-,33?/m1/s1. The molecule has 1 fully saturated rings. The molecule has 2 aliphatic rings. The van der Waals surface area contributed by atoms with Crippen LogP contribution in [-0.4, -0.2) is 0 Å². The zero-order chi connectivity index (χ0) is 24.0. The average molecular weight is 445 g/mol. The fourth-order valence-electron chi connectivity index (χ4n) is 6.12. The molecular weight excluding hydrogens is 396 g/mol. The minimum absolute atomic E-state index is 0.527. The third-order valence-electron chi connectivity index (χ3n) is 7.97. The molecule has 33 heavy (non-hydrogen) atoms. The number of hydrogen-bond donors (Lipinski definition) is 0. The molecule has 1 saturated carbocycles. The van der Waals surface area contributed by atoms with Crippen LogP contribution in [-0.2, 0) is 6.42 Å². The summed E-state index contributed by atoms with van der Waals surface area (Å²) in [5.74, 6) is 2.81. The van der Waals surface area contributed by atoms with Gasteiger partial charge in [0.15, 0.2) is 0 Å². The molecule has 0 radical (unpaired) electrons. The summed E-state index contributed by atoms with van der Waals surface area (Å²) in [5.41, 5.74) is 10.3. The molecule has 0 aliphatic heterocycles. The topological polar surface area (TPSA) is 0 Å². The molecule has 1 unspecified atom stereocenters. The first kappa shape index (κ1) is 25.8. The van der Waals surface area contributed by atoms with Gasteiger partial charge in [-0.3, -0.25) is 0 Å². The SMILES string of the molecule is C=C(C)C[C@@H](C)c1ccc(C(CC(C)C)C2CCCCC2)c(CC2=CC=C(C(=C)CC)C2)c1. The van der Waals surface area contributed by atoms with Crippen molar-refractivity contribution in [2.24, 2.45) is 11.8 Å². The smallest absolute Gasteiger partial charge is 0.00577 e. The molecule has 0 heterocycles. The summed E-state index contributed by atoms with van der Waals surface area (Å²) in [4.78, 5) is 0. The summed E-state index contributed by atoms with van der Waals surface area (Å²) in [6, 6.07) is 7.52. The van der Waals surface area contributed by atoms with Crippen LogP contribution in [0.1, 0.15) is 121 Å².